The smallest absolute Gasteiger partial charge is 0.338 e. The molecular formula is C16H25O4P. The topological polar surface area (TPSA) is 44.8 Å². The van der Waals surface area contributed by atoms with Crippen LogP contribution in [-0.2, 0) is 14.0 Å². The van der Waals surface area contributed by atoms with E-state index >= 15 is 0 Å². The van der Waals surface area contributed by atoms with Gasteiger partial charge in [0.2, 0.25) is 0 Å². The monoisotopic (exact) mass is 312 g/mol. The van der Waals surface area contributed by atoms with Gasteiger partial charge in [-0.25, -0.2) is 4.79 Å². The maximum absolute atomic E-state index is 11.9. The zero-order valence-electron chi connectivity index (χ0n) is 13.2. The predicted molar refractivity (Wildman–Crippen MR) is 86.1 cm³/mol. The summed E-state index contributed by atoms with van der Waals surface area (Å²) in [5.41, 5.74) is 0.561. The molecule has 0 aliphatic rings. The van der Waals surface area contributed by atoms with Crippen molar-refractivity contribution in [2.45, 2.75) is 32.5 Å². The van der Waals surface area contributed by atoms with Gasteiger partial charge in [-0.05, 0) is 38.8 Å². The molecule has 118 valence electrons. The highest BCUT2D eigenvalue weighted by molar-refractivity contribution is 7.50. The molecule has 2 unspecified atom stereocenters. The molecule has 0 amide bonds. The van der Waals surface area contributed by atoms with E-state index in [1.807, 2.05) is 32.0 Å². The third-order valence-electron chi connectivity index (χ3n) is 2.86. The summed E-state index contributed by atoms with van der Waals surface area (Å²) in [7, 11) is -0.376. The number of benzene rings is 1. The summed E-state index contributed by atoms with van der Waals surface area (Å²) < 4.78 is 16.7. The first kappa shape index (κ1) is 18.1. The van der Waals surface area contributed by atoms with E-state index in [1.54, 1.807) is 12.1 Å². The minimum atomic E-state index is -0.376. The number of hydrogen-bond donors (Lipinski definition) is 0. The lowest BCUT2D eigenvalue weighted by atomic mass is 10.2. The molecule has 0 heterocycles. The van der Waals surface area contributed by atoms with E-state index < -0.39 is 0 Å². The highest BCUT2D eigenvalue weighted by Crippen LogP contribution is 2.26. The summed E-state index contributed by atoms with van der Waals surface area (Å²) >= 11 is 0. The van der Waals surface area contributed by atoms with Crippen molar-refractivity contribution in [1.29, 1.82) is 0 Å². The Morgan fingerprint density at radius 2 is 1.86 bits per heavy atom. The fourth-order valence-electron chi connectivity index (χ4n) is 1.70. The third kappa shape index (κ3) is 7.56. The number of ether oxygens (including phenoxy) is 2. The Kier molecular flexibility index (Phi) is 8.51. The van der Waals surface area contributed by atoms with Gasteiger partial charge in [0.15, 0.2) is 0 Å². The summed E-state index contributed by atoms with van der Waals surface area (Å²) in [6.45, 7) is 8.94. The number of carbonyl (C=O) groups excluding carboxylic acids is 1. The molecule has 0 fully saturated rings. The molecule has 0 spiro atoms. The second-order valence-corrected chi connectivity index (χ2v) is 6.93. The molecule has 2 atom stereocenters. The average Bonchev–Trinajstić information content (AvgIpc) is 2.49. The molecule has 21 heavy (non-hydrogen) atoms. The lowest BCUT2D eigenvalue weighted by molar-refractivity contribution is -0.0539. The summed E-state index contributed by atoms with van der Waals surface area (Å²) in [4.78, 5) is 11.9. The molecule has 0 saturated heterocycles. The molecule has 0 aromatic heterocycles. The first-order valence-electron chi connectivity index (χ1n) is 7.20. The molecule has 0 N–H and O–H groups in total. The van der Waals surface area contributed by atoms with Crippen molar-refractivity contribution in [3.05, 3.63) is 35.9 Å². The van der Waals surface area contributed by atoms with E-state index in [-0.39, 0.29) is 32.9 Å². The SMILES string of the molecule is CCC(COC(=O)c1ccccc1)OC(C)COP(C)C. The quantitative estimate of drug-likeness (QED) is 0.515. The third-order valence-corrected chi connectivity index (χ3v) is 3.52. The Bertz CT molecular complexity index is 408. The van der Waals surface area contributed by atoms with Gasteiger partial charge in [-0.15, -0.1) is 0 Å². The summed E-state index contributed by atoms with van der Waals surface area (Å²) in [6.07, 6.45) is 0.686. The summed E-state index contributed by atoms with van der Waals surface area (Å²) in [5, 5.41) is 0. The van der Waals surface area contributed by atoms with Gasteiger partial charge in [0, 0.05) is 8.15 Å². The van der Waals surface area contributed by atoms with E-state index in [9.17, 15) is 4.79 Å². The average molecular weight is 312 g/mol. The molecular weight excluding hydrogens is 287 g/mol. The van der Waals surface area contributed by atoms with Crippen LogP contribution in [0.3, 0.4) is 0 Å². The molecule has 4 nitrogen and oxygen atoms in total. The Hall–Kier alpha value is -0.960. The largest absolute Gasteiger partial charge is 0.459 e. The molecule has 1 aromatic carbocycles. The molecule has 5 heteroatoms. The van der Waals surface area contributed by atoms with Crippen LogP contribution in [0.1, 0.15) is 30.6 Å². The zero-order valence-corrected chi connectivity index (χ0v) is 14.1. The summed E-state index contributed by atoms with van der Waals surface area (Å²) in [6, 6.07) is 8.98. The Morgan fingerprint density at radius 1 is 1.19 bits per heavy atom. The minimum absolute atomic E-state index is 0.00437. The van der Waals surface area contributed by atoms with Crippen molar-refractivity contribution < 1.29 is 18.8 Å². The van der Waals surface area contributed by atoms with Crippen LogP contribution < -0.4 is 0 Å². The van der Waals surface area contributed by atoms with E-state index in [4.69, 9.17) is 14.0 Å². The van der Waals surface area contributed by atoms with Crippen LogP contribution in [0.15, 0.2) is 30.3 Å². The second-order valence-electron chi connectivity index (χ2n) is 5.05. The van der Waals surface area contributed by atoms with Gasteiger partial charge in [0.25, 0.3) is 0 Å². The molecule has 1 rings (SSSR count). The Balaban J connectivity index is 2.35. The molecule has 0 bridgehead atoms. The molecule has 0 aliphatic heterocycles. The second kappa shape index (κ2) is 9.88. The lowest BCUT2D eigenvalue weighted by Gasteiger charge is -2.22. The highest BCUT2D eigenvalue weighted by atomic mass is 31.1. The van der Waals surface area contributed by atoms with Gasteiger partial charge < -0.3 is 14.0 Å². The van der Waals surface area contributed by atoms with Gasteiger partial charge in [-0.3, -0.25) is 0 Å². The lowest BCUT2D eigenvalue weighted by Crippen LogP contribution is -2.27. The standard InChI is InChI=1S/C16H25O4P/c1-5-15(20-13(2)11-19-21(3)4)12-18-16(17)14-9-7-6-8-10-14/h6-10,13,15H,5,11-12H2,1-4H3. The minimum Gasteiger partial charge on any atom is -0.459 e. The van der Waals surface area contributed by atoms with Crippen LogP contribution in [0.25, 0.3) is 0 Å². The molecule has 0 radical (unpaired) electrons. The van der Waals surface area contributed by atoms with Gasteiger partial charge in [-0.2, -0.15) is 0 Å². The van der Waals surface area contributed by atoms with Crippen LogP contribution >= 0.6 is 8.15 Å². The Morgan fingerprint density at radius 3 is 2.43 bits per heavy atom. The van der Waals surface area contributed by atoms with Crippen molar-refractivity contribution in [2.75, 3.05) is 26.5 Å². The van der Waals surface area contributed by atoms with E-state index in [0.717, 1.165) is 6.42 Å². The van der Waals surface area contributed by atoms with Crippen LogP contribution in [0.2, 0.25) is 0 Å². The van der Waals surface area contributed by atoms with Crippen molar-refractivity contribution in [1.82, 2.24) is 0 Å². The highest BCUT2D eigenvalue weighted by Gasteiger charge is 2.15. The van der Waals surface area contributed by atoms with E-state index in [0.29, 0.717) is 12.2 Å². The fourth-order valence-corrected chi connectivity index (χ4v) is 2.21. The van der Waals surface area contributed by atoms with Crippen LogP contribution in [-0.4, -0.2) is 44.7 Å². The Labute approximate surface area is 128 Å². The van der Waals surface area contributed by atoms with Crippen LogP contribution in [0, 0.1) is 0 Å². The van der Waals surface area contributed by atoms with Gasteiger partial charge >= 0.3 is 5.97 Å². The van der Waals surface area contributed by atoms with Gasteiger partial charge in [0.05, 0.1) is 24.4 Å². The van der Waals surface area contributed by atoms with Crippen molar-refractivity contribution in [3.63, 3.8) is 0 Å². The predicted octanol–water partition coefficient (Wildman–Crippen LogP) is 3.70. The van der Waals surface area contributed by atoms with Gasteiger partial charge in [0.1, 0.15) is 6.61 Å². The maximum Gasteiger partial charge on any atom is 0.338 e. The summed E-state index contributed by atoms with van der Waals surface area (Å²) in [5.74, 6) is -0.313. The molecule has 1 aromatic rings. The number of rotatable bonds is 9. The molecule has 0 aliphatic carbocycles. The number of hydrogen-bond acceptors (Lipinski definition) is 4. The van der Waals surface area contributed by atoms with Crippen molar-refractivity contribution >= 4 is 14.1 Å². The molecule has 0 saturated carbocycles. The van der Waals surface area contributed by atoms with Gasteiger partial charge in [-0.1, -0.05) is 25.1 Å². The normalized spacial score (nSPS) is 14.0. The fraction of sp³-hybridized carbons (Fsp3) is 0.562. The van der Waals surface area contributed by atoms with E-state index in [1.165, 1.54) is 0 Å². The van der Waals surface area contributed by atoms with Crippen molar-refractivity contribution in [2.24, 2.45) is 0 Å². The number of carbonyl (C=O) groups is 1. The first-order chi connectivity index (χ1) is 10.0. The first-order valence-corrected chi connectivity index (χ1v) is 9.36. The zero-order chi connectivity index (χ0) is 15.7. The van der Waals surface area contributed by atoms with Crippen LogP contribution in [0.4, 0.5) is 0 Å². The van der Waals surface area contributed by atoms with Crippen LogP contribution in [0.5, 0.6) is 0 Å². The number of esters is 1. The maximum atomic E-state index is 11.9. The van der Waals surface area contributed by atoms with Crippen molar-refractivity contribution in [3.8, 4) is 0 Å². The van der Waals surface area contributed by atoms with E-state index in [2.05, 4.69) is 13.3 Å².